The van der Waals surface area contributed by atoms with E-state index in [0.29, 0.717) is 42.7 Å². The van der Waals surface area contributed by atoms with E-state index in [0.717, 1.165) is 0 Å². The molecule has 1 unspecified atom stereocenters. The summed E-state index contributed by atoms with van der Waals surface area (Å²) in [5, 5.41) is 39.7. The van der Waals surface area contributed by atoms with Crippen molar-refractivity contribution in [1.82, 2.24) is 10.2 Å². The van der Waals surface area contributed by atoms with Crippen LogP contribution < -0.4 is 24.3 Å². The predicted octanol–water partition coefficient (Wildman–Crippen LogP) is 3.78. The summed E-state index contributed by atoms with van der Waals surface area (Å²) in [6.07, 6.45) is -0.492. The minimum atomic E-state index is -2.26. The second-order valence-corrected chi connectivity index (χ2v) is 12.6. The molecule has 47 heavy (non-hydrogen) atoms. The van der Waals surface area contributed by atoms with E-state index < -0.39 is 41.2 Å². The average Bonchev–Trinajstić information content (AvgIpc) is 3.59. The molecule has 3 aromatic rings. The van der Waals surface area contributed by atoms with Gasteiger partial charge in [0.1, 0.15) is 35.1 Å². The van der Waals surface area contributed by atoms with Crippen molar-refractivity contribution in [3.63, 3.8) is 0 Å². The molecule has 11 nitrogen and oxygen atoms in total. The van der Waals surface area contributed by atoms with Gasteiger partial charge in [-0.3, -0.25) is 9.59 Å². The van der Waals surface area contributed by atoms with Crippen LogP contribution in [0.5, 0.6) is 28.7 Å². The highest BCUT2D eigenvalue weighted by Gasteiger charge is 2.76. The number of fused-ring (bicyclic) bond motifs is 4. The van der Waals surface area contributed by atoms with Crippen LogP contribution in [0.25, 0.3) is 0 Å². The Kier molecular flexibility index (Phi) is 8.48. The van der Waals surface area contributed by atoms with Crippen LogP contribution in [0.3, 0.4) is 0 Å². The first-order valence-electron chi connectivity index (χ1n) is 16.0. The second-order valence-electron chi connectivity index (χ2n) is 12.6. The molecule has 1 saturated carbocycles. The van der Waals surface area contributed by atoms with Crippen LogP contribution in [0, 0.1) is 11.8 Å². The molecule has 3 aliphatic rings. The van der Waals surface area contributed by atoms with Gasteiger partial charge in [-0.25, -0.2) is 0 Å². The lowest BCUT2D eigenvalue weighted by molar-refractivity contribution is -0.167. The van der Waals surface area contributed by atoms with Crippen LogP contribution in [0.15, 0.2) is 60.7 Å². The first-order chi connectivity index (χ1) is 22.6. The van der Waals surface area contributed by atoms with Gasteiger partial charge in [-0.15, -0.1) is 0 Å². The average molecular weight is 647 g/mol. The molecule has 3 aromatic carbocycles. The number of rotatable bonds is 9. The van der Waals surface area contributed by atoms with Crippen molar-refractivity contribution in [2.45, 2.75) is 62.5 Å². The molecule has 2 heterocycles. The van der Waals surface area contributed by atoms with Crippen LogP contribution in [0.1, 0.15) is 55.7 Å². The van der Waals surface area contributed by atoms with Gasteiger partial charge >= 0.3 is 0 Å². The molecule has 6 rings (SSSR count). The Morgan fingerprint density at radius 1 is 1.04 bits per heavy atom. The van der Waals surface area contributed by atoms with Crippen molar-refractivity contribution in [2.75, 3.05) is 27.9 Å². The first-order valence-corrected chi connectivity index (χ1v) is 16.0. The molecule has 11 heteroatoms. The van der Waals surface area contributed by atoms with Crippen molar-refractivity contribution in [2.24, 2.45) is 11.8 Å². The van der Waals surface area contributed by atoms with E-state index in [2.05, 4.69) is 5.32 Å². The standard InChI is InChI=1S/C36H42N2O9/c1-6-20(2)32(40)37-28-13-10-16-38(28)33(41)31-29(21-11-8-7-9-12-21)36(22-14-15-25(45-4)24(39)17-22)34(42)35(31,43)30-26(46-5)18-23(44-3)19-27(30)47-36/h7-9,11-12,14-15,17-20,28-29,31,34,39,42-43H,6,10,13,16H2,1-5H3,(H,37,40)/t20?,28-,29-,31+,34-,35-,36-/m0/s1. The van der Waals surface area contributed by atoms with Gasteiger partial charge in [0.25, 0.3) is 0 Å². The van der Waals surface area contributed by atoms with Gasteiger partial charge in [0.15, 0.2) is 17.1 Å². The molecule has 0 aromatic heterocycles. The Hall–Kier alpha value is -4.48. The number of hydrogen-bond acceptors (Lipinski definition) is 9. The summed E-state index contributed by atoms with van der Waals surface area (Å²) in [7, 11) is 4.34. The number of phenolic OH excluding ortho intramolecular Hbond substituents is 1. The molecule has 1 aliphatic carbocycles. The van der Waals surface area contributed by atoms with Gasteiger partial charge in [-0.2, -0.15) is 0 Å². The maximum Gasteiger partial charge on any atom is 0.231 e. The Labute approximate surface area is 274 Å². The van der Waals surface area contributed by atoms with E-state index in [4.69, 9.17) is 18.9 Å². The van der Waals surface area contributed by atoms with Crippen LogP contribution in [0.4, 0.5) is 0 Å². The fourth-order valence-corrected chi connectivity index (χ4v) is 7.69. The lowest BCUT2D eigenvalue weighted by atomic mass is 9.75. The lowest BCUT2D eigenvalue weighted by Gasteiger charge is -2.45. The Morgan fingerprint density at radius 3 is 2.40 bits per heavy atom. The number of amides is 2. The number of likely N-dealkylation sites (tertiary alicyclic amines) is 1. The van der Waals surface area contributed by atoms with Crippen LogP contribution in [0.2, 0.25) is 0 Å². The van der Waals surface area contributed by atoms with Gasteiger partial charge in [0.05, 0.1) is 32.8 Å². The molecule has 7 atom stereocenters. The summed E-state index contributed by atoms with van der Waals surface area (Å²) < 4.78 is 23.5. The minimum absolute atomic E-state index is 0.109. The zero-order valence-electron chi connectivity index (χ0n) is 27.2. The topological polar surface area (TPSA) is 147 Å². The Balaban J connectivity index is 1.62. The van der Waals surface area contributed by atoms with Gasteiger partial charge in [-0.05, 0) is 37.0 Å². The van der Waals surface area contributed by atoms with Crippen molar-refractivity contribution < 1.29 is 43.9 Å². The molecule has 1 saturated heterocycles. The normalized spacial score (nSPS) is 28.2. The number of nitrogens with zero attached hydrogens (tertiary/aromatic N) is 1. The molecular weight excluding hydrogens is 604 g/mol. The number of phenols is 1. The van der Waals surface area contributed by atoms with E-state index in [-0.39, 0.29) is 40.4 Å². The monoisotopic (exact) mass is 646 g/mol. The first kappa shape index (κ1) is 32.5. The van der Waals surface area contributed by atoms with E-state index in [1.807, 2.05) is 44.2 Å². The van der Waals surface area contributed by atoms with E-state index in [9.17, 15) is 20.1 Å². The van der Waals surface area contributed by atoms with Crippen LogP contribution in [-0.4, -0.2) is 72.2 Å². The molecular formula is C36H42N2O9. The van der Waals surface area contributed by atoms with Crippen molar-refractivity contribution in [3.8, 4) is 28.7 Å². The second kappa shape index (κ2) is 12.3. The number of aromatic hydroxyl groups is 1. The molecule has 2 bridgehead atoms. The maximum absolute atomic E-state index is 15.1. The Morgan fingerprint density at radius 2 is 1.77 bits per heavy atom. The van der Waals surface area contributed by atoms with Gasteiger partial charge < -0.3 is 44.5 Å². The SMILES string of the molecule is CCC(C)C(=O)N[C@@H]1CCCN1C(=O)[C@H]1[C@H](c2ccccc2)[C@]2(c3ccc(OC)c(O)c3)Oc3cc(OC)cc(OC)c3[C@@]1(O)[C@@H]2O. The van der Waals surface area contributed by atoms with Crippen LogP contribution in [-0.2, 0) is 20.8 Å². The number of aliphatic hydroxyl groups is 2. The molecule has 250 valence electrons. The molecule has 0 radical (unpaired) electrons. The fraction of sp³-hybridized carbons (Fsp3) is 0.444. The zero-order valence-corrected chi connectivity index (χ0v) is 27.2. The number of carbonyl (C=O) groups is 2. The predicted molar refractivity (Wildman–Crippen MR) is 171 cm³/mol. The number of carbonyl (C=O) groups excluding carboxylic acids is 2. The van der Waals surface area contributed by atoms with E-state index in [1.54, 1.807) is 29.2 Å². The maximum atomic E-state index is 15.1. The van der Waals surface area contributed by atoms with Crippen molar-refractivity contribution in [1.29, 1.82) is 0 Å². The van der Waals surface area contributed by atoms with Gasteiger partial charge in [0, 0.05) is 36.1 Å². The molecule has 2 amide bonds. The van der Waals surface area contributed by atoms with Crippen molar-refractivity contribution in [3.05, 3.63) is 77.4 Å². The summed E-state index contributed by atoms with van der Waals surface area (Å²) >= 11 is 0. The molecule has 2 fully saturated rings. The quantitative estimate of drug-likeness (QED) is 0.273. The van der Waals surface area contributed by atoms with Crippen LogP contribution >= 0.6 is 0 Å². The third-order valence-electron chi connectivity index (χ3n) is 10.2. The highest BCUT2D eigenvalue weighted by molar-refractivity contribution is 5.86. The highest BCUT2D eigenvalue weighted by Crippen LogP contribution is 2.68. The molecule has 4 N–H and O–H groups in total. The number of methoxy groups -OCH3 is 3. The number of nitrogens with one attached hydrogen (secondary N) is 1. The summed E-state index contributed by atoms with van der Waals surface area (Å²) in [6.45, 7) is 4.11. The summed E-state index contributed by atoms with van der Waals surface area (Å²) in [5.41, 5.74) is -3.00. The summed E-state index contributed by atoms with van der Waals surface area (Å²) in [4.78, 5) is 29.8. The summed E-state index contributed by atoms with van der Waals surface area (Å²) in [5.74, 6) is -2.48. The zero-order chi connectivity index (χ0) is 33.7. The number of aliphatic hydroxyl groups excluding tert-OH is 1. The number of ether oxygens (including phenoxy) is 4. The fourth-order valence-electron chi connectivity index (χ4n) is 7.69. The molecule has 2 aliphatic heterocycles. The van der Waals surface area contributed by atoms with E-state index in [1.165, 1.54) is 27.4 Å². The van der Waals surface area contributed by atoms with Gasteiger partial charge in [-0.1, -0.05) is 50.2 Å². The minimum Gasteiger partial charge on any atom is -0.504 e. The van der Waals surface area contributed by atoms with E-state index >= 15 is 4.79 Å². The highest BCUT2D eigenvalue weighted by atomic mass is 16.5. The van der Waals surface area contributed by atoms with Gasteiger partial charge in [0.2, 0.25) is 11.8 Å². The number of hydrogen-bond donors (Lipinski definition) is 4. The smallest absolute Gasteiger partial charge is 0.231 e. The van der Waals surface area contributed by atoms with Crippen molar-refractivity contribution >= 4 is 11.8 Å². The molecule has 0 spiro atoms. The third kappa shape index (κ3) is 4.86. The summed E-state index contributed by atoms with van der Waals surface area (Å²) in [6, 6.07) is 16.9. The number of benzene rings is 3. The Bertz CT molecular complexity index is 1670. The largest absolute Gasteiger partial charge is 0.504 e. The lowest BCUT2D eigenvalue weighted by Crippen LogP contribution is -2.56. The third-order valence-corrected chi connectivity index (χ3v) is 10.2.